The molecule has 0 bridgehead atoms. The number of rotatable bonds is 47. The van der Waals surface area contributed by atoms with Gasteiger partial charge < -0.3 is 28.5 Å². The van der Waals surface area contributed by atoms with E-state index in [1.54, 1.807) is 0 Å². The highest BCUT2D eigenvalue weighted by Gasteiger charge is 2.25. The van der Waals surface area contributed by atoms with Crippen LogP contribution in [0.2, 0.25) is 0 Å². The average Bonchev–Trinajstić information content (AvgIpc) is 3.28. The van der Waals surface area contributed by atoms with Gasteiger partial charge in [0, 0.05) is 12.8 Å². The number of carbonyl (C=O) groups is 3. The quantitative estimate of drug-likeness (QED) is 0.0211. The van der Waals surface area contributed by atoms with E-state index in [0.29, 0.717) is 17.4 Å². The SMILES string of the molecule is CC/C=C\C/C=C\C/C=C\C/C=C\C/C=C\C/C=C\C/C=C\CCCCCCCCCCCCCCCC(=O)OC(COC(=O)CCCCCCCC)COC(OCC[N+](C)(C)C)C(=O)O. The van der Waals surface area contributed by atoms with Crippen molar-refractivity contribution >= 4 is 17.9 Å². The van der Waals surface area contributed by atoms with Gasteiger partial charge in [0.15, 0.2) is 6.10 Å². The molecule has 2 unspecified atom stereocenters. The van der Waals surface area contributed by atoms with Crippen molar-refractivity contribution in [2.24, 2.45) is 0 Å². The summed E-state index contributed by atoms with van der Waals surface area (Å²) in [4.78, 5) is 36.9. The Kier molecular flexibility index (Phi) is 45.4. The van der Waals surface area contributed by atoms with Crippen LogP contribution in [0.25, 0.3) is 0 Å². The van der Waals surface area contributed by atoms with Gasteiger partial charge in [-0.1, -0.05) is 202 Å². The molecule has 0 radical (unpaired) electrons. The van der Waals surface area contributed by atoms with Crippen LogP contribution in [0.4, 0.5) is 0 Å². The minimum Gasteiger partial charge on any atom is -0.477 e. The van der Waals surface area contributed by atoms with Gasteiger partial charge in [0.25, 0.3) is 6.29 Å². The average molecular weight is 925 g/mol. The Hall–Kier alpha value is -3.53. The van der Waals surface area contributed by atoms with E-state index in [1.165, 1.54) is 83.5 Å². The molecule has 0 heterocycles. The first-order chi connectivity index (χ1) is 32.1. The van der Waals surface area contributed by atoms with E-state index in [0.717, 1.165) is 89.9 Å². The monoisotopic (exact) mass is 925 g/mol. The van der Waals surface area contributed by atoms with Crippen LogP contribution in [0.5, 0.6) is 0 Å². The Morgan fingerprint density at radius 3 is 1.29 bits per heavy atom. The number of carbonyl (C=O) groups excluding carboxylic acids is 2. The Bertz CT molecular complexity index is 1350. The lowest BCUT2D eigenvalue weighted by molar-refractivity contribution is -0.870. The number of hydrogen-bond donors (Lipinski definition) is 1. The van der Waals surface area contributed by atoms with Crippen LogP contribution in [-0.2, 0) is 33.3 Å². The van der Waals surface area contributed by atoms with Crippen LogP contribution < -0.4 is 0 Å². The van der Waals surface area contributed by atoms with Gasteiger partial charge in [-0.2, -0.15) is 0 Å². The van der Waals surface area contributed by atoms with E-state index in [1.807, 2.05) is 21.1 Å². The molecule has 0 amide bonds. The number of hydrogen-bond acceptors (Lipinski definition) is 7. The highest BCUT2D eigenvalue weighted by molar-refractivity contribution is 5.71. The number of carboxylic acids is 1. The topological polar surface area (TPSA) is 108 Å². The number of allylic oxidation sites excluding steroid dienone is 14. The molecule has 0 fully saturated rings. The molecular formula is C57H98NO8+. The van der Waals surface area contributed by atoms with Gasteiger partial charge in [-0.05, 0) is 70.6 Å². The fraction of sp³-hybridized carbons (Fsp3) is 0.702. The molecule has 9 nitrogen and oxygen atoms in total. The summed E-state index contributed by atoms with van der Waals surface area (Å²) < 4.78 is 22.6. The summed E-state index contributed by atoms with van der Waals surface area (Å²) in [7, 11) is 5.95. The van der Waals surface area contributed by atoms with Gasteiger partial charge in [0.05, 0.1) is 34.4 Å². The van der Waals surface area contributed by atoms with Crippen molar-refractivity contribution in [1.29, 1.82) is 0 Å². The van der Waals surface area contributed by atoms with Crippen molar-refractivity contribution < 1.29 is 42.9 Å². The number of unbranched alkanes of at least 4 members (excludes halogenated alkanes) is 18. The summed E-state index contributed by atoms with van der Waals surface area (Å²) in [5.74, 6) is -2.02. The maximum absolute atomic E-state index is 12.8. The van der Waals surface area contributed by atoms with Gasteiger partial charge >= 0.3 is 17.9 Å². The van der Waals surface area contributed by atoms with E-state index >= 15 is 0 Å². The Balaban J connectivity index is 4.01. The Morgan fingerprint density at radius 1 is 0.470 bits per heavy atom. The smallest absolute Gasteiger partial charge is 0.361 e. The summed E-state index contributed by atoms with van der Waals surface area (Å²) in [6, 6.07) is 0. The van der Waals surface area contributed by atoms with Crippen molar-refractivity contribution in [2.45, 2.75) is 212 Å². The van der Waals surface area contributed by atoms with Gasteiger partial charge in [0.1, 0.15) is 13.2 Å². The first-order valence-corrected chi connectivity index (χ1v) is 26.3. The number of aliphatic carboxylic acids is 1. The third-order valence-electron chi connectivity index (χ3n) is 10.9. The van der Waals surface area contributed by atoms with Crippen molar-refractivity contribution in [3.8, 4) is 0 Å². The van der Waals surface area contributed by atoms with E-state index in [2.05, 4.69) is 98.9 Å². The zero-order valence-electron chi connectivity index (χ0n) is 42.8. The zero-order valence-corrected chi connectivity index (χ0v) is 42.8. The molecule has 9 heteroatoms. The molecule has 66 heavy (non-hydrogen) atoms. The van der Waals surface area contributed by atoms with Crippen LogP contribution in [0.1, 0.15) is 200 Å². The minimum atomic E-state index is -1.51. The molecule has 0 aromatic heterocycles. The first kappa shape index (κ1) is 62.5. The predicted octanol–water partition coefficient (Wildman–Crippen LogP) is 14.8. The van der Waals surface area contributed by atoms with E-state index in [-0.39, 0.29) is 32.2 Å². The molecule has 1 N–H and O–H groups in total. The van der Waals surface area contributed by atoms with Gasteiger partial charge in [0.2, 0.25) is 0 Å². The second-order valence-corrected chi connectivity index (χ2v) is 18.5. The molecule has 0 aliphatic rings. The lowest BCUT2D eigenvalue weighted by Crippen LogP contribution is -2.40. The summed E-state index contributed by atoms with van der Waals surface area (Å²) in [5, 5.41) is 9.62. The van der Waals surface area contributed by atoms with E-state index in [9.17, 15) is 19.5 Å². The number of esters is 2. The molecule has 378 valence electrons. The van der Waals surface area contributed by atoms with Crippen LogP contribution >= 0.6 is 0 Å². The standard InChI is InChI=1S/C57H97NO8/c1-6-8-10-12-14-15-16-17-18-19-20-21-22-23-24-25-26-27-28-29-30-31-32-33-34-35-36-37-38-39-40-41-42-44-46-48-55(60)66-53(51-64-54(59)47-45-43-13-11-9-7-2)52-65-57(56(61)62)63-50-49-58(3,4)5/h8,10,14-15,17-18,20-21,23-24,26-27,29-30,53,57H,6-7,9,11-13,16,19,22,25,28,31-52H2,1-5H3/p+1/b10-8-,15-14-,18-17-,21-20-,24-23-,27-26-,30-29-. The summed E-state index contributed by atoms with van der Waals surface area (Å²) in [6.07, 6.45) is 59.9. The largest absolute Gasteiger partial charge is 0.477 e. The minimum absolute atomic E-state index is 0.184. The van der Waals surface area contributed by atoms with E-state index < -0.39 is 24.3 Å². The normalized spacial score (nSPS) is 13.5. The van der Waals surface area contributed by atoms with Crippen LogP contribution in [0.3, 0.4) is 0 Å². The Labute approximate surface area is 404 Å². The molecule has 0 aliphatic heterocycles. The number of carboxylic acid groups (broad SMARTS) is 1. The molecule has 0 saturated heterocycles. The van der Waals surface area contributed by atoms with Gasteiger partial charge in [-0.3, -0.25) is 9.59 Å². The van der Waals surface area contributed by atoms with Crippen molar-refractivity contribution in [3.63, 3.8) is 0 Å². The molecular weight excluding hydrogens is 827 g/mol. The second kappa shape index (κ2) is 47.9. The van der Waals surface area contributed by atoms with Crippen molar-refractivity contribution in [3.05, 3.63) is 85.1 Å². The van der Waals surface area contributed by atoms with Crippen molar-refractivity contribution in [1.82, 2.24) is 0 Å². The summed E-state index contributed by atoms with van der Waals surface area (Å²) >= 11 is 0. The molecule has 0 aliphatic carbocycles. The summed E-state index contributed by atoms with van der Waals surface area (Å²) in [5.41, 5.74) is 0. The molecule has 0 spiro atoms. The van der Waals surface area contributed by atoms with Crippen LogP contribution in [0.15, 0.2) is 85.1 Å². The van der Waals surface area contributed by atoms with Crippen molar-refractivity contribution in [2.75, 3.05) is 47.5 Å². The molecule has 0 saturated carbocycles. The first-order valence-electron chi connectivity index (χ1n) is 26.3. The number of quaternary nitrogens is 1. The maximum Gasteiger partial charge on any atom is 0.361 e. The maximum atomic E-state index is 12.8. The molecule has 0 aromatic carbocycles. The highest BCUT2D eigenvalue weighted by Crippen LogP contribution is 2.15. The number of likely N-dealkylation sites (N-methyl/N-ethyl adjacent to an activating group) is 1. The fourth-order valence-corrected chi connectivity index (χ4v) is 6.87. The van der Waals surface area contributed by atoms with E-state index in [4.69, 9.17) is 18.9 Å². The predicted molar refractivity (Wildman–Crippen MR) is 276 cm³/mol. The van der Waals surface area contributed by atoms with Gasteiger partial charge in [-0.25, -0.2) is 4.79 Å². The Morgan fingerprint density at radius 2 is 0.864 bits per heavy atom. The second-order valence-electron chi connectivity index (χ2n) is 18.5. The van der Waals surface area contributed by atoms with Crippen LogP contribution in [-0.4, -0.2) is 87.4 Å². The third-order valence-corrected chi connectivity index (χ3v) is 10.9. The fourth-order valence-electron chi connectivity index (χ4n) is 6.87. The lowest BCUT2D eigenvalue weighted by Gasteiger charge is -2.25. The van der Waals surface area contributed by atoms with Crippen LogP contribution in [0, 0.1) is 0 Å². The number of nitrogens with zero attached hydrogens (tertiary/aromatic N) is 1. The third kappa shape index (κ3) is 48.4. The zero-order chi connectivity index (χ0) is 48.4. The summed E-state index contributed by atoms with van der Waals surface area (Å²) in [6.45, 7) is 4.68. The molecule has 2 atom stereocenters. The molecule has 0 aromatic rings. The van der Waals surface area contributed by atoms with Gasteiger partial charge in [-0.15, -0.1) is 0 Å². The highest BCUT2D eigenvalue weighted by atomic mass is 16.7. The number of ether oxygens (including phenoxy) is 4. The lowest BCUT2D eigenvalue weighted by atomic mass is 10.0. The molecule has 0 rings (SSSR count).